The van der Waals surface area contributed by atoms with Gasteiger partial charge in [-0.3, -0.25) is 4.79 Å². The molecule has 5 nitrogen and oxygen atoms in total. The molecule has 0 saturated carbocycles. The van der Waals surface area contributed by atoms with Gasteiger partial charge in [-0.2, -0.15) is 0 Å². The van der Waals surface area contributed by atoms with Crippen molar-refractivity contribution in [3.63, 3.8) is 0 Å². The zero-order valence-corrected chi connectivity index (χ0v) is 12.1. The number of anilines is 1. The van der Waals surface area contributed by atoms with Crippen LogP contribution in [-0.4, -0.2) is 22.0 Å². The Hall–Kier alpha value is -2.21. The highest BCUT2D eigenvalue weighted by Crippen LogP contribution is 2.27. The predicted molar refractivity (Wildman–Crippen MR) is 78.0 cm³/mol. The molecular weight excluding hydrogens is 324 g/mol. The Morgan fingerprint density at radius 2 is 1.90 bits per heavy atom. The first kappa shape index (κ1) is 14.2. The number of nitrogens with one attached hydrogen (secondary N) is 1. The Labute approximate surface area is 123 Å². The first-order valence-electron chi connectivity index (χ1n) is 5.76. The van der Waals surface area contributed by atoms with E-state index in [0.29, 0.717) is 10.2 Å². The summed E-state index contributed by atoms with van der Waals surface area (Å²) in [5.74, 6) is -1.57. The van der Waals surface area contributed by atoms with Crippen LogP contribution in [0.3, 0.4) is 0 Å². The molecule has 102 valence electrons. The third kappa shape index (κ3) is 3.03. The van der Waals surface area contributed by atoms with Gasteiger partial charge in [-0.1, -0.05) is 12.1 Å². The minimum Gasteiger partial charge on any atom is -0.478 e. The second-order valence-corrected chi connectivity index (χ2v) is 4.94. The standard InChI is InChI=1S/C14H11BrN2O3/c1-8-4-2-7-11(16-8)13(18)17-12-9(14(19)20)5-3-6-10(12)15/h2-7H,1H3,(H,17,18)(H,19,20). The number of amides is 1. The molecule has 0 aliphatic rings. The first-order chi connectivity index (χ1) is 9.49. The van der Waals surface area contributed by atoms with Crippen LogP contribution < -0.4 is 5.32 Å². The zero-order chi connectivity index (χ0) is 14.7. The predicted octanol–water partition coefficient (Wildman–Crippen LogP) is 3.10. The molecule has 1 aromatic carbocycles. The number of carboxylic acid groups (broad SMARTS) is 1. The molecule has 2 aromatic rings. The van der Waals surface area contributed by atoms with E-state index >= 15 is 0 Å². The Morgan fingerprint density at radius 3 is 2.55 bits per heavy atom. The van der Waals surface area contributed by atoms with Crippen molar-refractivity contribution < 1.29 is 14.7 Å². The number of pyridine rings is 1. The molecule has 0 unspecified atom stereocenters. The molecule has 0 fully saturated rings. The van der Waals surface area contributed by atoms with Gasteiger partial charge in [-0.25, -0.2) is 9.78 Å². The van der Waals surface area contributed by atoms with Gasteiger partial charge in [0, 0.05) is 10.2 Å². The van der Waals surface area contributed by atoms with E-state index in [9.17, 15) is 9.59 Å². The number of carboxylic acids is 1. The summed E-state index contributed by atoms with van der Waals surface area (Å²) in [6, 6.07) is 9.74. The van der Waals surface area contributed by atoms with Gasteiger partial charge in [0.25, 0.3) is 5.91 Å². The number of carbonyl (C=O) groups is 2. The maximum atomic E-state index is 12.1. The fourth-order valence-corrected chi connectivity index (χ4v) is 2.14. The van der Waals surface area contributed by atoms with Gasteiger partial charge in [0.15, 0.2) is 0 Å². The average Bonchev–Trinajstić information content (AvgIpc) is 2.40. The summed E-state index contributed by atoms with van der Waals surface area (Å²) in [5, 5.41) is 11.7. The lowest BCUT2D eigenvalue weighted by molar-refractivity contribution is 0.0698. The maximum absolute atomic E-state index is 12.1. The molecule has 6 heteroatoms. The van der Waals surface area contributed by atoms with E-state index in [0.717, 1.165) is 0 Å². The smallest absolute Gasteiger partial charge is 0.337 e. The summed E-state index contributed by atoms with van der Waals surface area (Å²) in [6.07, 6.45) is 0. The highest BCUT2D eigenvalue weighted by molar-refractivity contribution is 9.10. The van der Waals surface area contributed by atoms with Crippen molar-refractivity contribution in [2.45, 2.75) is 6.92 Å². The van der Waals surface area contributed by atoms with Crippen molar-refractivity contribution in [3.8, 4) is 0 Å². The van der Waals surface area contributed by atoms with Crippen LogP contribution in [0.15, 0.2) is 40.9 Å². The molecule has 0 spiro atoms. The summed E-state index contributed by atoms with van der Waals surface area (Å²) >= 11 is 3.23. The maximum Gasteiger partial charge on any atom is 0.337 e. The normalized spacial score (nSPS) is 10.1. The third-order valence-electron chi connectivity index (χ3n) is 2.60. The van der Waals surface area contributed by atoms with E-state index in [-0.39, 0.29) is 16.9 Å². The Balaban J connectivity index is 2.35. The van der Waals surface area contributed by atoms with Gasteiger partial charge in [0.05, 0.1) is 11.3 Å². The lowest BCUT2D eigenvalue weighted by Gasteiger charge is -2.10. The number of aromatic nitrogens is 1. The summed E-state index contributed by atoms with van der Waals surface area (Å²) < 4.78 is 0.499. The van der Waals surface area contributed by atoms with Crippen molar-refractivity contribution in [2.24, 2.45) is 0 Å². The highest BCUT2D eigenvalue weighted by Gasteiger charge is 2.16. The van der Waals surface area contributed by atoms with E-state index in [1.807, 2.05) is 0 Å². The van der Waals surface area contributed by atoms with Crippen molar-refractivity contribution in [1.29, 1.82) is 0 Å². The number of carbonyl (C=O) groups excluding carboxylic acids is 1. The van der Waals surface area contributed by atoms with Gasteiger partial charge in [0.2, 0.25) is 0 Å². The fraction of sp³-hybridized carbons (Fsp3) is 0.0714. The van der Waals surface area contributed by atoms with Gasteiger partial charge in [-0.15, -0.1) is 0 Å². The molecule has 0 aliphatic heterocycles. The summed E-state index contributed by atoms with van der Waals surface area (Å²) in [7, 11) is 0. The van der Waals surface area contributed by atoms with Gasteiger partial charge in [0.1, 0.15) is 5.69 Å². The van der Waals surface area contributed by atoms with E-state index < -0.39 is 11.9 Å². The van der Waals surface area contributed by atoms with Crippen LogP contribution in [0.2, 0.25) is 0 Å². The number of para-hydroxylation sites is 1. The second kappa shape index (κ2) is 5.83. The van der Waals surface area contributed by atoms with E-state index in [2.05, 4.69) is 26.2 Å². The fourth-order valence-electron chi connectivity index (χ4n) is 1.68. The Morgan fingerprint density at radius 1 is 1.20 bits per heavy atom. The van der Waals surface area contributed by atoms with E-state index in [4.69, 9.17) is 5.11 Å². The van der Waals surface area contributed by atoms with Crippen LogP contribution in [-0.2, 0) is 0 Å². The molecule has 0 saturated heterocycles. The molecule has 0 aliphatic carbocycles. The third-order valence-corrected chi connectivity index (χ3v) is 3.26. The van der Waals surface area contributed by atoms with Gasteiger partial charge >= 0.3 is 5.97 Å². The number of nitrogens with zero attached hydrogens (tertiary/aromatic N) is 1. The number of halogens is 1. The zero-order valence-electron chi connectivity index (χ0n) is 10.6. The number of hydrogen-bond acceptors (Lipinski definition) is 3. The topological polar surface area (TPSA) is 79.3 Å². The second-order valence-electron chi connectivity index (χ2n) is 4.09. The molecule has 1 heterocycles. The van der Waals surface area contributed by atoms with Crippen molar-refractivity contribution >= 4 is 33.5 Å². The monoisotopic (exact) mass is 334 g/mol. The molecule has 20 heavy (non-hydrogen) atoms. The summed E-state index contributed by atoms with van der Waals surface area (Å²) in [4.78, 5) is 27.4. The van der Waals surface area contributed by atoms with Crippen LogP contribution in [0.1, 0.15) is 26.5 Å². The first-order valence-corrected chi connectivity index (χ1v) is 6.55. The minimum absolute atomic E-state index is 0.0142. The number of hydrogen-bond donors (Lipinski definition) is 2. The molecular formula is C14H11BrN2O3. The number of aryl methyl sites for hydroxylation is 1. The minimum atomic E-state index is -1.11. The molecule has 0 radical (unpaired) electrons. The number of rotatable bonds is 3. The summed E-state index contributed by atoms with van der Waals surface area (Å²) in [6.45, 7) is 1.78. The van der Waals surface area contributed by atoms with Gasteiger partial charge in [-0.05, 0) is 47.1 Å². The van der Waals surface area contributed by atoms with Gasteiger partial charge < -0.3 is 10.4 Å². The van der Waals surface area contributed by atoms with Crippen molar-refractivity contribution in [1.82, 2.24) is 4.98 Å². The average molecular weight is 335 g/mol. The quantitative estimate of drug-likeness (QED) is 0.903. The largest absolute Gasteiger partial charge is 0.478 e. The Kier molecular flexibility index (Phi) is 4.14. The number of benzene rings is 1. The summed E-state index contributed by atoms with van der Waals surface area (Å²) in [5.41, 5.74) is 1.18. The van der Waals surface area contributed by atoms with E-state index in [1.54, 1.807) is 37.3 Å². The number of aromatic carboxylic acids is 1. The van der Waals surface area contributed by atoms with Crippen LogP contribution in [0.25, 0.3) is 0 Å². The van der Waals surface area contributed by atoms with E-state index in [1.165, 1.54) is 6.07 Å². The van der Waals surface area contributed by atoms with Crippen LogP contribution in [0.4, 0.5) is 5.69 Å². The highest BCUT2D eigenvalue weighted by atomic mass is 79.9. The SMILES string of the molecule is Cc1cccc(C(=O)Nc2c(Br)cccc2C(=O)O)n1. The molecule has 2 N–H and O–H groups in total. The van der Waals surface area contributed by atoms with Crippen molar-refractivity contribution in [2.75, 3.05) is 5.32 Å². The van der Waals surface area contributed by atoms with Crippen LogP contribution in [0.5, 0.6) is 0 Å². The molecule has 0 bridgehead atoms. The molecule has 2 rings (SSSR count). The lowest BCUT2D eigenvalue weighted by atomic mass is 10.1. The van der Waals surface area contributed by atoms with Crippen LogP contribution >= 0.6 is 15.9 Å². The molecule has 1 aromatic heterocycles. The lowest BCUT2D eigenvalue weighted by Crippen LogP contribution is -2.16. The van der Waals surface area contributed by atoms with Crippen molar-refractivity contribution in [3.05, 3.63) is 57.8 Å². The molecule has 1 amide bonds. The van der Waals surface area contributed by atoms with Crippen LogP contribution in [0, 0.1) is 6.92 Å². The Bertz CT molecular complexity index is 686. The molecule has 0 atom stereocenters.